The van der Waals surface area contributed by atoms with Crippen LogP contribution in [0.1, 0.15) is 5.56 Å². The van der Waals surface area contributed by atoms with Crippen LogP contribution in [0.15, 0.2) is 42.5 Å². The number of morpholine rings is 2. The highest BCUT2D eigenvalue weighted by molar-refractivity contribution is 5.95. The minimum Gasteiger partial charge on any atom is -0.378 e. The number of nitrogens with one attached hydrogen (secondary N) is 1. The first-order valence-electron chi connectivity index (χ1n) is 12.7. The molecule has 8 heteroatoms. The number of ether oxygens (including phenoxy) is 2. The number of piperidine rings is 1. The van der Waals surface area contributed by atoms with E-state index < -0.39 is 0 Å². The Kier molecular flexibility index (Phi) is 6.35. The van der Waals surface area contributed by atoms with E-state index in [0.717, 1.165) is 45.9 Å². The second-order valence-corrected chi connectivity index (χ2v) is 10.1. The quantitative estimate of drug-likeness (QED) is 0.686. The van der Waals surface area contributed by atoms with E-state index in [1.54, 1.807) is 12.1 Å². The molecule has 3 heterocycles. The fraction of sp³-hybridized carbons (Fsp3) is 0.519. The van der Waals surface area contributed by atoms with Crippen molar-refractivity contribution >= 4 is 23.0 Å². The third-order valence-electron chi connectivity index (χ3n) is 7.86. The zero-order chi connectivity index (χ0) is 23.8. The Morgan fingerprint density at radius 2 is 1.51 bits per heavy atom. The highest BCUT2D eigenvalue weighted by Gasteiger charge is 2.59. The van der Waals surface area contributed by atoms with Crippen molar-refractivity contribution in [1.29, 1.82) is 0 Å². The summed E-state index contributed by atoms with van der Waals surface area (Å²) in [6, 6.07) is 13.8. The molecule has 35 heavy (non-hydrogen) atoms. The van der Waals surface area contributed by atoms with Crippen LogP contribution in [0.25, 0.3) is 0 Å². The number of carbonyl (C=O) groups excluding carboxylic acids is 1. The van der Waals surface area contributed by atoms with Gasteiger partial charge in [0.05, 0.1) is 32.1 Å². The average molecular weight is 481 g/mol. The maximum absolute atomic E-state index is 14.7. The number of anilines is 3. The van der Waals surface area contributed by atoms with Gasteiger partial charge < -0.3 is 24.6 Å². The molecule has 4 fully saturated rings. The number of hydrogen-bond acceptors (Lipinski definition) is 6. The number of benzene rings is 2. The van der Waals surface area contributed by atoms with Crippen molar-refractivity contribution in [2.45, 2.75) is 6.54 Å². The molecule has 3 saturated heterocycles. The Hall–Kier alpha value is -2.68. The smallest absolute Gasteiger partial charge is 0.228 e. The summed E-state index contributed by atoms with van der Waals surface area (Å²) in [6.07, 6.45) is 0. The predicted molar refractivity (Wildman–Crippen MR) is 133 cm³/mol. The van der Waals surface area contributed by atoms with Gasteiger partial charge in [0.2, 0.25) is 5.91 Å². The van der Waals surface area contributed by atoms with Gasteiger partial charge in [0.25, 0.3) is 0 Å². The summed E-state index contributed by atoms with van der Waals surface area (Å²) in [7, 11) is 0. The number of nitrogens with zero attached hydrogens (tertiary/aromatic N) is 3. The molecule has 4 aliphatic rings. The first kappa shape index (κ1) is 22.8. The minimum atomic E-state index is -0.300. The van der Waals surface area contributed by atoms with Crippen LogP contribution in [0, 0.1) is 23.6 Å². The molecular formula is C27H33FN4O3. The Balaban J connectivity index is 0.986. The second-order valence-electron chi connectivity index (χ2n) is 10.1. The SMILES string of the molecule is O=C(Nc1ccc(N2CCOCC2)c(F)c1)C1C2CN(Cc3ccc(N4CCOCC4)cc3)CC21. The van der Waals surface area contributed by atoms with Crippen molar-refractivity contribution in [2.75, 3.05) is 80.8 Å². The molecule has 2 unspecified atom stereocenters. The Morgan fingerprint density at radius 3 is 2.14 bits per heavy atom. The van der Waals surface area contributed by atoms with Crippen LogP contribution in [0.5, 0.6) is 0 Å². The maximum Gasteiger partial charge on any atom is 0.228 e. The monoisotopic (exact) mass is 480 g/mol. The molecule has 1 N–H and O–H groups in total. The van der Waals surface area contributed by atoms with E-state index in [0.29, 0.717) is 49.5 Å². The standard InChI is InChI=1S/C27H33FN4O3/c28-24-15-20(3-6-25(24)32-9-13-35-14-10-32)29-27(33)26-22-17-30(18-23(22)26)16-19-1-4-21(5-2-19)31-7-11-34-12-8-31/h1-6,15,22-23,26H,7-14,16-18H2,(H,29,33). The van der Waals surface area contributed by atoms with Crippen LogP contribution in [0.4, 0.5) is 21.5 Å². The van der Waals surface area contributed by atoms with Gasteiger partial charge in [-0.05, 0) is 47.7 Å². The minimum absolute atomic E-state index is 0.0213. The lowest BCUT2D eigenvalue weighted by molar-refractivity contribution is -0.118. The molecule has 2 atom stereocenters. The lowest BCUT2D eigenvalue weighted by atomic mass is 10.1. The number of carbonyl (C=O) groups is 1. The fourth-order valence-electron chi connectivity index (χ4n) is 5.89. The van der Waals surface area contributed by atoms with Gasteiger partial charge in [-0.25, -0.2) is 4.39 Å². The molecule has 6 rings (SSSR count). The zero-order valence-electron chi connectivity index (χ0n) is 20.0. The number of hydrogen-bond donors (Lipinski definition) is 1. The van der Waals surface area contributed by atoms with Gasteiger partial charge in [-0.15, -0.1) is 0 Å². The van der Waals surface area contributed by atoms with Gasteiger partial charge in [-0.3, -0.25) is 9.69 Å². The number of fused-ring (bicyclic) bond motifs is 1. The van der Waals surface area contributed by atoms with E-state index in [1.807, 2.05) is 4.90 Å². The highest BCUT2D eigenvalue weighted by Crippen LogP contribution is 2.52. The Bertz CT molecular complexity index is 1040. The summed E-state index contributed by atoms with van der Waals surface area (Å²) in [5.74, 6) is 0.566. The molecule has 1 amide bonds. The first-order chi connectivity index (χ1) is 17.2. The van der Waals surface area contributed by atoms with E-state index in [-0.39, 0.29) is 17.6 Å². The largest absolute Gasteiger partial charge is 0.378 e. The highest BCUT2D eigenvalue weighted by atomic mass is 19.1. The van der Waals surface area contributed by atoms with E-state index >= 15 is 0 Å². The molecule has 1 saturated carbocycles. The molecule has 2 aromatic rings. The zero-order valence-corrected chi connectivity index (χ0v) is 20.0. The van der Waals surface area contributed by atoms with Gasteiger partial charge in [0.15, 0.2) is 0 Å². The topological polar surface area (TPSA) is 57.3 Å². The molecule has 7 nitrogen and oxygen atoms in total. The molecule has 3 aliphatic heterocycles. The van der Waals surface area contributed by atoms with Crippen LogP contribution in [-0.4, -0.2) is 76.5 Å². The van der Waals surface area contributed by atoms with Crippen molar-refractivity contribution in [3.63, 3.8) is 0 Å². The van der Waals surface area contributed by atoms with Gasteiger partial charge in [-0.1, -0.05) is 12.1 Å². The third-order valence-corrected chi connectivity index (χ3v) is 7.86. The molecular weight excluding hydrogens is 447 g/mol. The Morgan fingerprint density at radius 1 is 0.886 bits per heavy atom. The van der Waals surface area contributed by atoms with Crippen LogP contribution in [0.2, 0.25) is 0 Å². The Labute approximate surface area is 205 Å². The van der Waals surface area contributed by atoms with Crippen molar-refractivity contribution in [3.8, 4) is 0 Å². The van der Waals surface area contributed by atoms with Crippen LogP contribution >= 0.6 is 0 Å². The average Bonchev–Trinajstić information content (AvgIpc) is 3.41. The predicted octanol–water partition coefficient (Wildman–Crippen LogP) is 2.82. The van der Waals surface area contributed by atoms with Gasteiger partial charge in [-0.2, -0.15) is 0 Å². The second kappa shape index (κ2) is 9.76. The van der Waals surface area contributed by atoms with Crippen molar-refractivity contribution in [1.82, 2.24) is 4.90 Å². The number of likely N-dealkylation sites (tertiary alicyclic amines) is 1. The molecule has 186 valence electrons. The summed E-state index contributed by atoms with van der Waals surface area (Å²) in [5, 5.41) is 2.95. The van der Waals surface area contributed by atoms with E-state index in [2.05, 4.69) is 39.4 Å². The number of halogens is 1. The summed E-state index contributed by atoms with van der Waals surface area (Å²) < 4.78 is 25.5. The van der Waals surface area contributed by atoms with Crippen LogP contribution in [-0.2, 0) is 20.8 Å². The normalized spacial score (nSPS) is 26.5. The summed E-state index contributed by atoms with van der Waals surface area (Å²) in [4.78, 5) is 19.6. The maximum atomic E-state index is 14.7. The molecule has 1 aliphatic carbocycles. The van der Waals surface area contributed by atoms with E-state index in [1.165, 1.54) is 17.3 Å². The number of rotatable bonds is 6. The van der Waals surface area contributed by atoms with Gasteiger partial charge in [0.1, 0.15) is 5.82 Å². The lowest BCUT2D eigenvalue weighted by Gasteiger charge is -2.29. The molecule has 0 radical (unpaired) electrons. The van der Waals surface area contributed by atoms with Gasteiger partial charge >= 0.3 is 0 Å². The van der Waals surface area contributed by atoms with Crippen molar-refractivity contribution in [2.24, 2.45) is 17.8 Å². The molecule has 0 aromatic heterocycles. The fourth-order valence-corrected chi connectivity index (χ4v) is 5.89. The van der Waals surface area contributed by atoms with Gasteiger partial charge in [0, 0.05) is 63.1 Å². The van der Waals surface area contributed by atoms with Crippen molar-refractivity contribution in [3.05, 3.63) is 53.8 Å². The summed E-state index contributed by atoms with van der Waals surface area (Å²) in [5.41, 5.74) is 3.67. The lowest BCUT2D eigenvalue weighted by Crippen LogP contribution is -2.36. The molecule has 2 aromatic carbocycles. The third kappa shape index (κ3) is 4.87. The summed E-state index contributed by atoms with van der Waals surface area (Å²) in [6.45, 7) is 8.87. The van der Waals surface area contributed by atoms with Crippen LogP contribution in [0.3, 0.4) is 0 Å². The first-order valence-corrected chi connectivity index (χ1v) is 12.7. The van der Waals surface area contributed by atoms with Crippen LogP contribution < -0.4 is 15.1 Å². The van der Waals surface area contributed by atoms with Crippen molar-refractivity contribution < 1.29 is 18.7 Å². The molecule has 0 bridgehead atoms. The molecule has 0 spiro atoms. The van der Waals surface area contributed by atoms with E-state index in [4.69, 9.17) is 9.47 Å². The van der Waals surface area contributed by atoms with E-state index in [9.17, 15) is 9.18 Å². The summed E-state index contributed by atoms with van der Waals surface area (Å²) >= 11 is 0. The number of amides is 1.